The zero-order valence-electron chi connectivity index (χ0n) is 12.0. The Morgan fingerprint density at radius 2 is 1.90 bits per heavy atom. The molecule has 2 aromatic rings. The van der Waals surface area contributed by atoms with Crippen LogP contribution in [0, 0.1) is 6.92 Å². The Hall–Kier alpha value is -2.24. The number of furan rings is 1. The number of hydroxylamine groups is 1. The molecule has 0 fully saturated rings. The van der Waals surface area contributed by atoms with Crippen molar-refractivity contribution in [2.75, 3.05) is 5.01 Å². The van der Waals surface area contributed by atoms with E-state index in [4.69, 9.17) is 4.42 Å². The molecule has 0 amide bonds. The Morgan fingerprint density at radius 3 is 2.48 bits per heavy atom. The molecule has 1 aromatic heterocycles. The van der Waals surface area contributed by atoms with Crippen molar-refractivity contribution >= 4 is 11.4 Å². The number of phenolic OH excluding ortho intramolecular Hbond substituents is 1. The van der Waals surface area contributed by atoms with E-state index in [9.17, 15) is 10.3 Å². The van der Waals surface area contributed by atoms with Crippen molar-refractivity contribution in [1.82, 2.24) is 5.17 Å². The predicted molar refractivity (Wildman–Crippen MR) is 79.7 cm³/mol. The summed E-state index contributed by atoms with van der Waals surface area (Å²) in [5.74, 6) is 0.923. The number of benzene rings is 1. The van der Waals surface area contributed by atoms with Crippen LogP contribution in [-0.4, -0.2) is 21.5 Å². The lowest BCUT2D eigenvalue weighted by Crippen LogP contribution is -2.39. The molecule has 1 unspecified atom stereocenters. The SMILES string of the molecule is CCC1C=C(c2occc2C)N(c2ccc(O)cc2)N1O. The van der Waals surface area contributed by atoms with Gasteiger partial charge in [0, 0.05) is 0 Å². The van der Waals surface area contributed by atoms with Gasteiger partial charge in [0.2, 0.25) is 0 Å². The van der Waals surface area contributed by atoms with E-state index in [0.717, 1.165) is 29.1 Å². The minimum Gasteiger partial charge on any atom is -0.508 e. The molecule has 0 saturated heterocycles. The van der Waals surface area contributed by atoms with Gasteiger partial charge in [0.1, 0.15) is 11.4 Å². The largest absolute Gasteiger partial charge is 0.508 e. The third kappa shape index (κ3) is 2.30. The van der Waals surface area contributed by atoms with Crippen LogP contribution < -0.4 is 5.01 Å². The van der Waals surface area contributed by atoms with E-state index in [-0.39, 0.29) is 11.8 Å². The molecule has 0 saturated carbocycles. The standard InChI is InChI=1S/C16H18N2O3/c1-3-12-10-15(16-11(2)8-9-21-16)17(18(12)20)13-4-6-14(19)7-5-13/h4-10,12,19-20H,3H2,1-2H3. The van der Waals surface area contributed by atoms with Gasteiger partial charge in [-0.2, -0.15) is 0 Å². The van der Waals surface area contributed by atoms with Crippen LogP contribution in [0.2, 0.25) is 0 Å². The third-order valence-corrected chi connectivity index (χ3v) is 3.69. The first-order chi connectivity index (χ1) is 10.1. The van der Waals surface area contributed by atoms with Crippen LogP contribution in [0.5, 0.6) is 5.75 Å². The fourth-order valence-electron chi connectivity index (χ4n) is 2.52. The van der Waals surface area contributed by atoms with Gasteiger partial charge in [-0.3, -0.25) is 5.21 Å². The van der Waals surface area contributed by atoms with E-state index in [1.54, 1.807) is 35.5 Å². The van der Waals surface area contributed by atoms with Gasteiger partial charge in [-0.25, -0.2) is 5.01 Å². The lowest BCUT2D eigenvalue weighted by atomic mass is 10.1. The van der Waals surface area contributed by atoms with Gasteiger partial charge in [0.05, 0.1) is 18.0 Å². The number of anilines is 1. The number of nitrogens with zero attached hydrogens (tertiary/aromatic N) is 2. The topological polar surface area (TPSA) is 60.1 Å². The maximum Gasteiger partial charge on any atom is 0.154 e. The fourth-order valence-corrected chi connectivity index (χ4v) is 2.52. The zero-order valence-corrected chi connectivity index (χ0v) is 12.0. The second kappa shape index (κ2) is 5.27. The number of hydrogen-bond donors (Lipinski definition) is 2. The van der Waals surface area contributed by atoms with Gasteiger partial charge >= 0.3 is 0 Å². The number of phenols is 1. The molecule has 0 radical (unpaired) electrons. The highest BCUT2D eigenvalue weighted by molar-refractivity contribution is 5.79. The smallest absolute Gasteiger partial charge is 0.154 e. The predicted octanol–water partition coefficient (Wildman–Crippen LogP) is 3.54. The summed E-state index contributed by atoms with van der Waals surface area (Å²) in [5.41, 5.74) is 2.57. The summed E-state index contributed by atoms with van der Waals surface area (Å²) in [5, 5.41) is 22.8. The normalized spacial score (nSPS) is 19.1. The molecule has 21 heavy (non-hydrogen) atoms. The maximum atomic E-state index is 10.4. The van der Waals surface area contributed by atoms with Gasteiger partial charge in [-0.15, -0.1) is 0 Å². The molecule has 2 N–H and O–H groups in total. The van der Waals surface area contributed by atoms with E-state index in [1.807, 2.05) is 26.0 Å². The van der Waals surface area contributed by atoms with Gasteiger partial charge in [-0.05, 0) is 55.3 Å². The second-order valence-electron chi connectivity index (χ2n) is 5.11. The Morgan fingerprint density at radius 1 is 1.19 bits per heavy atom. The highest BCUT2D eigenvalue weighted by Gasteiger charge is 2.34. The Bertz CT molecular complexity index is 660. The molecule has 1 aliphatic rings. The van der Waals surface area contributed by atoms with E-state index < -0.39 is 0 Å². The van der Waals surface area contributed by atoms with Crippen molar-refractivity contribution in [1.29, 1.82) is 0 Å². The lowest BCUT2D eigenvalue weighted by Gasteiger charge is -2.29. The summed E-state index contributed by atoms with van der Waals surface area (Å²) in [4.78, 5) is 0. The minimum atomic E-state index is -0.113. The first kappa shape index (κ1) is 13.7. The number of aryl methyl sites for hydroxylation is 1. The quantitative estimate of drug-likeness (QED) is 0.903. The molecule has 0 aliphatic carbocycles. The summed E-state index contributed by atoms with van der Waals surface area (Å²) in [6, 6.07) is 8.47. The Kier molecular flexibility index (Phi) is 3.45. The fraction of sp³-hybridized carbons (Fsp3) is 0.250. The van der Waals surface area contributed by atoms with Crippen molar-refractivity contribution in [2.24, 2.45) is 0 Å². The van der Waals surface area contributed by atoms with Gasteiger partial charge in [-0.1, -0.05) is 12.1 Å². The van der Waals surface area contributed by atoms with Crippen molar-refractivity contribution in [3.63, 3.8) is 0 Å². The molecular formula is C16H18N2O3. The van der Waals surface area contributed by atoms with Crippen LogP contribution in [0.4, 0.5) is 5.69 Å². The average Bonchev–Trinajstić information content (AvgIpc) is 3.03. The average molecular weight is 286 g/mol. The highest BCUT2D eigenvalue weighted by Crippen LogP contribution is 2.36. The second-order valence-corrected chi connectivity index (χ2v) is 5.11. The first-order valence-corrected chi connectivity index (χ1v) is 6.95. The molecule has 5 heteroatoms. The van der Waals surface area contributed by atoms with Gasteiger partial charge < -0.3 is 9.52 Å². The summed E-state index contributed by atoms with van der Waals surface area (Å²) in [6.07, 6.45) is 4.40. The van der Waals surface area contributed by atoms with Crippen LogP contribution in [0.1, 0.15) is 24.7 Å². The number of aromatic hydroxyl groups is 1. The molecule has 2 heterocycles. The van der Waals surface area contributed by atoms with Crippen LogP contribution >= 0.6 is 0 Å². The number of hydrogen-bond acceptors (Lipinski definition) is 5. The van der Waals surface area contributed by atoms with Crippen LogP contribution in [0.3, 0.4) is 0 Å². The summed E-state index contributed by atoms with van der Waals surface area (Å²) >= 11 is 0. The van der Waals surface area contributed by atoms with Crippen molar-refractivity contribution < 1.29 is 14.7 Å². The maximum absolute atomic E-state index is 10.4. The van der Waals surface area contributed by atoms with E-state index in [2.05, 4.69) is 0 Å². The Labute approximate surface area is 123 Å². The van der Waals surface area contributed by atoms with Crippen molar-refractivity contribution in [3.05, 3.63) is 54.0 Å². The van der Waals surface area contributed by atoms with Crippen LogP contribution in [0.25, 0.3) is 5.70 Å². The molecule has 0 bridgehead atoms. The molecule has 5 nitrogen and oxygen atoms in total. The summed E-state index contributed by atoms with van der Waals surface area (Å²) in [7, 11) is 0. The highest BCUT2D eigenvalue weighted by atomic mass is 16.6. The molecule has 1 aromatic carbocycles. The monoisotopic (exact) mass is 286 g/mol. The first-order valence-electron chi connectivity index (χ1n) is 6.95. The number of hydrazine groups is 1. The summed E-state index contributed by atoms with van der Waals surface area (Å²) < 4.78 is 5.57. The Balaban J connectivity index is 2.06. The summed E-state index contributed by atoms with van der Waals surface area (Å²) in [6.45, 7) is 3.98. The van der Waals surface area contributed by atoms with Gasteiger partial charge in [0.15, 0.2) is 5.76 Å². The zero-order chi connectivity index (χ0) is 15.0. The van der Waals surface area contributed by atoms with Crippen molar-refractivity contribution in [2.45, 2.75) is 26.3 Å². The van der Waals surface area contributed by atoms with E-state index >= 15 is 0 Å². The van der Waals surface area contributed by atoms with Crippen LogP contribution in [0.15, 0.2) is 47.1 Å². The number of rotatable bonds is 3. The molecular weight excluding hydrogens is 268 g/mol. The lowest BCUT2D eigenvalue weighted by molar-refractivity contribution is -0.106. The molecule has 1 aliphatic heterocycles. The van der Waals surface area contributed by atoms with E-state index in [0.29, 0.717) is 0 Å². The van der Waals surface area contributed by atoms with Crippen LogP contribution in [-0.2, 0) is 0 Å². The molecule has 110 valence electrons. The molecule has 0 spiro atoms. The van der Waals surface area contributed by atoms with Crippen molar-refractivity contribution in [3.8, 4) is 5.75 Å². The molecule has 1 atom stereocenters. The van der Waals surface area contributed by atoms with E-state index in [1.165, 1.54) is 5.17 Å². The van der Waals surface area contributed by atoms with Gasteiger partial charge in [0.25, 0.3) is 0 Å². The third-order valence-electron chi connectivity index (χ3n) is 3.69. The molecule has 3 rings (SSSR count). The minimum absolute atomic E-state index is 0.113.